The number of hydrogen-bond donors (Lipinski definition) is 3. The quantitative estimate of drug-likeness (QED) is 0.173. The van der Waals surface area contributed by atoms with Crippen molar-refractivity contribution < 1.29 is 28.6 Å². The zero-order valence-electron chi connectivity index (χ0n) is 36.9. The van der Waals surface area contributed by atoms with Gasteiger partial charge in [-0.25, -0.2) is 9.18 Å². The Morgan fingerprint density at radius 1 is 0.846 bits per heavy atom. The third-order valence-electron chi connectivity index (χ3n) is 16.0. The molecule has 15 heteroatoms. The normalized spacial score (nSPS) is 26.5. The topological polar surface area (TPSA) is 161 Å². The lowest BCUT2D eigenvalue weighted by Crippen LogP contribution is -2.52. The fourth-order valence-electron chi connectivity index (χ4n) is 12.7. The first kappa shape index (κ1) is 41.6. The van der Waals surface area contributed by atoms with Crippen LogP contribution in [-0.4, -0.2) is 114 Å². The number of nitrogen functional groups attached to an aromatic ring is 1. The number of fused-ring (bicyclic) bond motifs is 2. The zero-order valence-corrected chi connectivity index (χ0v) is 36.9. The van der Waals surface area contributed by atoms with Gasteiger partial charge < -0.3 is 40.1 Å². The number of hydrogen-bond acceptors (Lipinski definition) is 11. The maximum absolute atomic E-state index is 15.2. The Hall–Kier alpha value is -6.12. The van der Waals surface area contributed by atoms with Crippen molar-refractivity contribution in [1.29, 1.82) is 0 Å². The molecule has 3 aromatic carbocycles. The lowest BCUT2D eigenvalue weighted by atomic mass is 9.70. The highest BCUT2D eigenvalue weighted by molar-refractivity contribution is 6.02. The fraction of sp³-hybridized carbons (Fsp3) is 0.500. The van der Waals surface area contributed by atoms with Crippen LogP contribution < -0.4 is 30.5 Å². The molecule has 4 amide bonds. The van der Waals surface area contributed by atoms with Crippen LogP contribution >= 0.6 is 0 Å². The van der Waals surface area contributed by atoms with Gasteiger partial charge in [0, 0.05) is 107 Å². The second kappa shape index (κ2) is 16.7. The summed E-state index contributed by atoms with van der Waals surface area (Å²) in [5, 5.41) is 21.6. The van der Waals surface area contributed by atoms with Crippen molar-refractivity contribution in [2.45, 2.75) is 76.0 Å². The lowest BCUT2D eigenvalue weighted by molar-refractivity contribution is -0.134. The number of urea groups is 1. The summed E-state index contributed by atoms with van der Waals surface area (Å²) in [6.45, 7) is 5.36. The Morgan fingerprint density at radius 2 is 1.63 bits per heavy atom. The summed E-state index contributed by atoms with van der Waals surface area (Å²) in [4.78, 5) is 49.1. The average molecular weight is 884 g/mol. The first-order chi connectivity index (χ1) is 31.6. The molecular formula is C50H58FN9O5. The highest BCUT2D eigenvalue weighted by Gasteiger charge is 2.69. The molecule has 11 rings (SSSR count). The number of phenols is 1. The number of likely N-dealkylation sites (tertiary alicyclic amines) is 1. The number of aromatic nitrogens is 2. The number of nitrogens with one attached hydrogen (secondary N) is 1. The molecule has 2 aliphatic carbocycles. The smallest absolute Gasteiger partial charge is 0.319 e. The Kier molecular flexibility index (Phi) is 10.7. The van der Waals surface area contributed by atoms with Crippen LogP contribution in [0, 0.1) is 35.4 Å². The molecule has 2 unspecified atom stereocenters. The van der Waals surface area contributed by atoms with Gasteiger partial charge >= 0.3 is 6.03 Å². The van der Waals surface area contributed by atoms with E-state index in [-0.39, 0.29) is 47.6 Å². The fourth-order valence-corrected chi connectivity index (χ4v) is 12.7. The third kappa shape index (κ3) is 7.73. The van der Waals surface area contributed by atoms with Gasteiger partial charge in [-0.15, -0.1) is 10.2 Å². The number of imide groups is 1. The van der Waals surface area contributed by atoms with Gasteiger partial charge in [0.25, 0.3) is 0 Å². The molecule has 0 radical (unpaired) electrons. The van der Waals surface area contributed by atoms with E-state index in [1.807, 2.05) is 41.1 Å². The number of carbonyl (C=O) groups is 3. The minimum atomic E-state index is -0.320. The molecule has 6 heterocycles. The number of aromatic hydroxyl groups is 1. The van der Waals surface area contributed by atoms with Crippen LogP contribution in [0.5, 0.6) is 11.5 Å². The molecule has 6 fully saturated rings. The highest BCUT2D eigenvalue weighted by Crippen LogP contribution is 2.71. The van der Waals surface area contributed by atoms with E-state index in [2.05, 4.69) is 48.4 Å². The standard InChI is InChI=1S/C50H58FN9O5/c1-56(31-11-17-57(18-12-31)40-6-4-7-41-35(40)16-22-60(41)42-9-10-45(62)53-49(42)63)50(64)58-19-13-32(14-20-58)65-33-24-29(23-30(51)26-33)25-37-38-28-59(21-15-36-46(37)47(36)38)43-27-39(54-55-48(43)52)34-5-2-3-8-44(34)61/h2-8,23-24,26-27,31-32,36-38,42,46-47,61H,9-22,25,28H2,1H3,(H2,52,55)(H,53,62,63)/t36-,37?,38-,42-,46+,47?/m1/s1. The van der Waals surface area contributed by atoms with E-state index in [0.29, 0.717) is 91.2 Å². The average Bonchev–Trinajstić information content (AvgIpc) is 3.82. The minimum absolute atomic E-state index is 0.0488. The number of rotatable bonds is 9. The second-order valence-corrected chi connectivity index (χ2v) is 19.5. The molecule has 340 valence electrons. The van der Waals surface area contributed by atoms with Gasteiger partial charge in [-0.05, 0) is 116 Å². The predicted molar refractivity (Wildman–Crippen MR) is 245 cm³/mol. The van der Waals surface area contributed by atoms with Crippen LogP contribution in [0.1, 0.15) is 56.1 Å². The summed E-state index contributed by atoms with van der Waals surface area (Å²) < 4.78 is 21.7. The number of carbonyl (C=O) groups excluding carboxylic acids is 3. The number of amides is 4. The summed E-state index contributed by atoms with van der Waals surface area (Å²) >= 11 is 0. The van der Waals surface area contributed by atoms with E-state index in [1.54, 1.807) is 18.2 Å². The number of anilines is 4. The molecule has 4 saturated heterocycles. The summed E-state index contributed by atoms with van der Waals surface area (Å²) in [5.74, 6) is 3.37. The molecule has 6 atom stereocenters. The van der Waals surface area contributed by atoms with Crippen LogP contribution in [0.4, 0.5) is 32.1 Å². The molecular weight excluding hydrogens is 826 g/mol. The monoisotopic (exact) mass is 883 g/mol. The molecule has 0 bridgehead atoms. The first-order valence-corrected chi connectivity index (χ1v) is 23.7. The van der Waals surface area contributed by atoms with Crippen molar-refractivity contribution in [3.05, 3.63) is 83.7 Å². The zero-order chi connectivity index (χ0) is 44.5. The van der Waals surface area contributed by atoms with Gasteiger partial charge in [-0.3, -0.25) is 14.9 Å². The Bertz CT molecular complexity index is 2500. The molecule has 65 heavy (non-hydrogen) atoms. The number of ether oxygens (including phenoxy) is 1. The Labute approximate surface area is 378 Å². The molecule has 7 aliphatic rings. The lowest BCUT2D eigenvalue weighted by Gasteiger charge is -2.41. The van der Waals surface area contributed by atoms with E-state index in [0.717, 1.165) is 81.8 Å². The number of para-hydroxylation sites is 1. The van der Waals surface area contributed by atoms with Gasteiger partial charge in [0.15, 0.2) is 5.82 Å². The third-order valence-corrected chi connectivity index (χ3v) is 16.0. The van der Waals surface area contributed by atoms with Crippen molar-refractivity contribution in [3.63, 3.8) is 0 Å². The highest BCUT2D eigenvalue weighted by atomic mass is 19.1. The molecule has 4 aromatic rings. The van der Waals surface area contributed by atoms with E-state index < -0.39 is 0 Å². The van der Waals surface area contributed by atoms with Crippen molar-refractivity contribution in [2.75, 3.05) is 73.3 Å². The number of piperidine rings is 3. The van der Waals surface area contributed by atoms with E-state index in [1.165, 1.54) is 17.3 Å². The summed E-state index contributed by atoms with van der Waals surface area (Å²) in [6, 6.07) is 20.4. The number of halogens is 1. The minimum Gasteiger partial charge on any atom is -0.507 e. The van der Waals surface area contributed by atoms with Crippen molar-refractivity contribution >= 4 is 40.7 Å². The first-order valence-electron chi connectivity index (χ1n) is 23.7. The number of benzene rings is 3. The predicted octanol–water partition coefficient (Wildman–Crippen LogP) is 5.86. The Balaban J connectivity index is 0.668. The van der Waals surface area contributed by atoms with Gasteiger partial charge in [0.2, 0.25) is 11.8 Å². The number of nitrogens with two attached hydrogens (primary N) is 1. The summed E-state index contributed by atoms with van der Waals surface area (Å²) in [5.41, 5.74) is 13.0. The maximum atomic E-state index is 15.2. The van der Waals surface area contributed by atoms with Crippen molar-refractivity contribution in [3.8, 4) is 22.8 Å². The van der Waals surface area contributed by atoms with Gasteiger partial charge in [-0.2, -0.15) is 0 Å². The van der Waals surface area contributed by atoms with Gasteiger partial charge in [0.05, 0.1) is 11.4 Å². The van der Waals surface area contributed by atoms with Gasteiger partial charge in [0.1, 0.15) is 29.5 Å². The number of nitrogens with zero attached hydrogens (tertiary/aromatic N) is 7. The van der Waals surface area contributed by atoms with Crippen LogP contribution in [0.3, 0.4) is 0 Å². The molecule has 5 aliphatic heterocycles. The van der Waals surface area contributed by atoms with Crippen LogP contribution in [-0.2, 0) is 22.4 Å². The second-order valence-electron chi connectivity index (χ2n) is 19.5. The van der Waals surface area contributed by atoms with Crippen molar-refractivity contribution in [1.82, 2.24) is 25.3 Å². The SMILES string of the molecule is CN(C(=O)N1CCC(Oc2cc(F)cc(CC3[C@H]4CN(c5cc(-c6ccccc6O)nnc5N)CC[C@H]5C4[C@H]35)c2)CC1)C1CCN(c2cccc3c2CCN3[C@@H]2CCC(=O)NC2=O)CC1. The van der Waals surface area contributed by atoms with Crippen LogP contribution in [0.15, 0.2) is 66.7 Å². The Morgan fingerprint density at radius 3 is 2.43 bits per heavy atom. The maximum Gasteiger partial charge on any atom is 0.319 e. The molecule has 14 nitrogen and oxygen atoms in total. The van der Waals surface area contributed by atoms with E-state index in [4.69, 9.17) is 10.5 Å². The van der Waals surface area contributed by atoms with Crippen LogP contribution in [0.2, 0.25) is 0 Å². The largest absolute Gasteiger partial charge is 0.507 e. The van der Waals surface area contributed by atoms with E-state index >= 15 is 4.39 Å². The molecule has 2 saturated carbocycles. The van der Waals surface area contributed by atoms with Crippen molar-refractivity contribution in [2.24, 2.45) is 29.6 Å². The number of phenolic OH excluding ortho intramolecular Hbond substituents is 1. The van der Waals surface area contributed by atoms with Crippen LogP contribution in [0.25, 0.3) is 11.3 Å². The van der Waals surface area contributed by atoms with Gasteiger partial charge in [-0.1, -0.05) is 18.2 Å². The summed E-state index contributed by atoms with van der Waals surface area (Å²) in [6.07, 6.45) is 6.64. The molecule has 0 spiro atoms. The van der Waals surface area contributed by atoms with E-state index in [9.17, 15) is 19.5 Å². The summed E-state index contributed by atoms with van der Waals surface area (Å²) in [7, 11) is 1.93. The molecule has 4 N–H and O–H groups in total. The molecule has 1 aromatic heterocycles.